The van der Waals surface area contributed by atoms with Gasteiger partial charge in [0, 0.05) is 5.02 Å². The highest BCUT2D eigenvalue weighted by Gasteiger charge is 2.05. The van der Waals surface area contributed by atoms with E-state index in [0.717, 1.165) is 0 Å². The second-order valence-corrected chi connectivity index (χ2v) is 3.98. The minimum absolute atomic E-state index is 0.222. The molecule has 0 fully saturated rings. The molecule has 0 amide bonds. The smallest absolute Gasteiger partial charge is 0.296 e. The Morgan fingerprint density at radius 1 is 1.11 bits per heavy atom. The molecule has 0 bridgehead atoms. The van der Waals surface area contributed by atoms with Crippen LogP contribution in [0.4, 0.5) is 0 Å². The summed E-state index contributed by atoms with van der Waals surface area (Å²) in [6.45, 7) is 2.08. The lowest BCUT2D eigenvalue weighted by molar-refractivity contribution is -0.182. The molecule has 4 heteroatoms. The first-order valence-electron chi connectivity index (χ1n) is 5.26. The van der Waals surface area contributed by atoms with Gasteiger partial charge in [0.2, 0.25) is 0 Å². The molecule has 18 heavy (non-hydrogen) atoms. The van der Waals surface area contributed by atoms with E-state index in [1.807, 2.05) is 18.2 Å². The van der Waals surface area contributed by atoms with Crippen LogP contribution in [0.15, 0.2) is 54.6 Å². The Labute approximate surface area is 111 Å². The van der Waals surface area contributed by atoms with Crippen LogP contribution in [-0.4, -0.2) is 11.2 Å². The third-order valence-electron chi connectivity index (χ3n) is 2.08. The number of carbonyl (C=O) groups is 1. The molecule has 0 saturated heterocycles. The highest BCUT2D eigenvalue weighted by Crippen LogP contribution is 2.10. The van der Waals surface area contributed by atoms with Gasteiger partial charge < -0.3 is 0 Å². The summed E-state index contributed by atoms with van der Waals surface area (Å²) in [5.41, 5.74) is 1.54. The molecule has 0 aliphatic rings. The van der Waals surface area contributed by atoms with Gasteiger partial charge in [-0.1, -0.05) is 53.6 Å². The van der Waals surface area contributed by atoms with Crippen LogP contribution in [0, 0.1) is 6.92 Å². The molecule has 0 aliphatic carbocycles. The summed E-state index contributed by atoms with van der Waals surface area (Å²) in [5.74, 6) is -0.813. The van der Waals surface area contributed by atoms with Gasteiger partial charge in [0.1, 0.15) is 0 Å². The lowest BCUT2D eigenvalue weighted by Crippen LogP contribution is -2.00. The van der Waals surface area contributed by atoms with Crippen molar-refractivity contribution in [3.05, 3.63) is 70.7 Å². The van der Waals surface area contributed by atoms with Gasteiger partial charge in [0.25, 0.3) is 0 Å². The van der Waals surface area contributed by atoms with Crippen LogP contribution in [0.25, 0.3) is 0 Å². The van der Waals surface area contributed by atoms with Crippen molar-refractivity contribution in [2.45, 2.75) is 6.92 Å². The molecule has 2 rings (SSSR count). The summed E-state index contributed by atoms with van der Waals surface area (Å²) < 4.78 is 0. The van der Waals surface area contributed by atoms with Crippen LogP contribution < -0.4 is 0 Å². The van der Waals surface area contributed by atoms with E-state index in [1.54, 1.807) is 12.1 Å². The third kappa shape index (κ3) is 4.99. The summed E-state index contributed by atoms with van der Waals surface area (Å²) in [6.07, 6.45) is 0. The van der Waals surface area contributed by atoms with Gasteiger partial charge in [-0.15, -0.1) is 0 Å². The van der Waals surface area contributed by atoms with Gasteiger partial charge in [-0.3, -0.25) is 4.89 Å². The quantitative estimate of drug-likeness (QED) is 0.626. The molecule has 0 aromatic heterocycles. The van der Waals surface area contributed by atoms with Crippen molar-refractivity contribution >= 4 is 17.6 Å². The second-order valence-electron chi connectivity index (χ2n) is 3.54. The molecular formula is C14H13ClO3. The Balaban J connectivity index is 0.000000199. The maximum atomic E-state index is 10.6. The number of hydrogen-bond acceptors (Lipinski definition) is 3. The lowest BCUT2D eigenvalue weighted by atomic mass is 10.2. The summed E-state index contributed by atoms with van der Waals surface area (Å²) in [5, 5.41) is 8.41. The number of halogens is 1. The van der Waals surface area contributed by atoms with E-state index < -0.39 is 5.97 Å². The zero-order chi connectivity index (χ0) is 13.4. The number of aryl methyl sites for hydroxylation is 1. The molecule has 0 saturated carbocycles. The molecule has 2 aromatic rings. The number of benzene rings is 2. The van der Waals surface area contributed by atoms with Crippen LogP contribution in [0.2, 0.25) is 5.02 Å². The van der Waals surface area contributed by atoms with Crippen LogP contribution in [0.1, 0.15) is 15.9 Å². The van der Waals surface area contributed by atoms with Crippen molar-refractivity contribution < 1.29 is 14.9 Å². The Morgan fingerprint density at radius 3 is 2.22 bits per heavy atom. The first kappa shape index (κ1) is 14.2. The van der Waals surface area contributed by atoms with Crippen molar-refractivity contribution in [3.8, 4) is 0 Å². The molecule has 3 nitrogen and oxygen atoms in total. The Hall–Kier alpha value is -1.84. The van der Waals surface area contributed by atoms with Crippen molar-refractivity contribution in [2.24, 2.45) is 0 Å². The summed E-state index contributed by atoms with van der Waals surface area (Å²) >= 11 is 5.56. The molecule has 2 aromatic carbocycles. The maximum Gasteiger partial charge on any atom is 0.372 e. The summed E-state index contributed by atoms with van der Waals surface area (Å²) in [4.78, 5) is 14.1. The van der Waals surface area contributed by atoms with Gasteiger partial charge in [0.15, 0.2) is 0 Å². The average molecular weight is 265 g/mol. The van der Waals surface area contributed by atoms with Crippen LogP contribution in [-0.2, 0) is 4.89 Å². The van der Waals surface area contributed by atoms with Gasteiger partial charge in [-0.2, -0.15) is 5.26 Å². The predicted octanol–water partition coefficient (Wildman–Crippen LogP) is 3.96. The van der Waals surface area contributed by atoms with Crippen LogP contribution >= 0.6 is 11.6 Å². The largest absolute Gasteiger partial charge is 0.372 e. The van der Waals surface area contributed by atoms with Crippen molar-refractivity contribution in [1.82, 2.24) is 0 Å². The van der Waals surface area contributed by atoms with Gasteiger partial charge in [0.05, 0.1) is 5.56 Å². The number of carbonyl (C=O) groups excluding carboxylic acids is 1. The standard InChI is InChI=1S/C7H5ClO3.C7H8/c8-6-3-1-2-5(4-6)7(9)11-10;1-7-5-3-2-4-6-7/h1-4,10H;2-6H,1H3. The average Bonchev–Trinajstić information content (AvgIpc) is 2.39. The first-order chi connectivity index (χ1) is 8.63. The minimum atomic E-state index is -0.813. The highest BCUT2D eigenvalue weighted by molar-refractivity contribution is 6.30. The fourth-order valence-corrected chi connectivity index (χ4v) is 1.39. The molecule has 94 valence electrons. The van der Waals surface area contributed by atoms with E-state index in [-0.39, 0.29) is 5.56 Å². The Kier molecular flexibility index (Phi) is 5.91. The topological polar surface area (TPSA) is 46.5 Å². The van der Waals surface area contributed by atoms with Gasteiger partial charge in [-0.05, 0) is 25.1 Å². The lowest BCUT2D eigenvalue weighted by Gasteiger charge is -1.95. The molecule has 0 radical (unpaired) electrons. The normalized spacial score (nSPS) is 9.06. The predicted molar refractivity (Wildman–Crippen MR) is 70.7 cm³/mol. The van der Waals surface area contributed by atoms with Gasteiger partial charge in [-0.25, -0.2) is 4.79 Å². The first-order valence-corrected chi connectivity index (χ1v) is 5.64. The van der Waals surface area contributed by atoms with Gasteiger partial charge >= 0.3 is 5.97 Å². The van der Waals surface area contributed by atoms with E-state index in [4.69, 9.17) is 16.9 Å². The molecule has 0 heterocycles. The van der Waals surface area contributed by atoms with E-state index in [9.17, 15) is 4.79 Å². The molecular weight excluding hydrogens is 252 g/mol. The van der Waals surface area contributed by atoms with Crippen molar-refractivity contribution in [3.63, 3.8) is 0 Å². The molecule has 0 atom stereocenters. The minimum Gasteiger partial charge on any atom is -0.296 e. The Bertz CT molecular complexity index is 497. The van der Waals surface area contributed by atoms with Crippen LogP contribution in [0.5, 0.6) is 0 Å². The molecule has 0 unspecified atom stereocenters. The van der Waals surface area contributed by atoms with E-state index in [0.29, 0.717) is 5.02 Å². The van der Waals surface area contributed by atoms with E-state index >= 15 is 0 Å². The fraction of sp³-hybridized carbons (Fsp3) is 0.0714. The molecule has 0 aliphatic heterocycles. The van der Waals surface area contributed by atoms with Crippen LogP contribution in [0.3, 0.4) is 0 Å². The molecule has 0 spiro atoms. The van der Waals surface area contributed by atoms with Crippen molar-refractivity contribution in [1.29, 1.82) is 0 Å². The second kappa shape index (κ2) is 7.48. The molecule has 1 N–H and O–H groups in total. The summed E-state index contributed by atoms with van der Waals surface area (Å²) in [7, 11) is 0. The summed E-state index contributed by atoms with van der Waals surface area (Å²) in [6, 6.07) is 16.4. The number of rotatable bonds is 1. The Morgan fingerprint density at radius 2 is 1.78 bits per heavy atom. The third-order valence-corrected chi connectivity index (χ3v) is 2.32. The maximum absolute atomic E-state index is 10.6. The zero-order valence-electron chi connectivity index (χ0n) is 9.84. The SMILES string of the molecule is Cc1ccccc1.O=C(OO)c1cccc(Cl)c1. The fourth-order valence-electron chi connectivity index (χ4n) is 1.20. The number of hydrogen-bond donors (Lipinski definition) is 1. The van der Waals surface area contributed by atoms with E-state index in [1.165, 1.54) is 17.7 Å². The van der Waals surface area contributed by atoms with E-state index in [2.05, 4.69) is 23.9 Å². The zero-order valence-corrected chi connectivity index (χ0v) is 10.6. The monoisotopic (exact) mass is 264 g/mol. The highest BCUT2D eigenvalue weighted by atomic mass is 35.5. The van der Waals surface area contributed by atoms with Crippen molar-refractivity contribution in [2.75, 3.05) is 0 Å².